The zero-order chi connectivity index (χ0) is 17.8. The standard InChI is InChI=1S/C19H25N3O2S/c1-4-15-5-7-16(8-6-15)18(23)21-19-20-17(12-25-19)11-22-9-13(2)24-14(3)10-22/h5-8,12-14H,4,9-11H2,1-3H3,(H,20,21,23)/t13-,14-/m0/s1. The fourth-order valence-corrected chi connectivity index (χ4v) is 3.84. The number of carbonyl (C=O) groups is 1. The molecule has 3 rings (SSSR count). The van der Waals surface area contributed by atoms with Crippen LogP contribution in [0.2, 0.25) is 0 Å². The summed E-state index contributed by atoms with van der Waals surface area (Å²) in [5.41, 5.74) is 2.87. The van der Waals surface area contributed by atoms with Crippen LogP contribution >= 0.6 is 11.3 Å². The molecule has 0 radical (unpaired) electrons. The summed E-state index contributed by atoms with van der Waals surface area (Å²) in [5, 5.41) is 5.56. The smallest absolute Gasteiger partial charge is 0.257 e. The summed E-state index contributed by atoms with van der Waals surface area (Å²) in [5.74, 6) is -0.114. The van der Waals surface area contributed by atoms with Crippen LogP contribution in [-0.4, -0.2) is 41.1 Å². The highest BCUT2D eigenvalue weighted by molar-refractivity contribution is 7.13. The van der Waals surface area contributed by atoms with Crippen LogP contribution in [0.1, 0.15) is 42.4 Å². The second kappa shape index (κ2) is 8.08. The lowest BCUT2D eigenvalue weighted by molar-refractivity contribution is -0.0707. The van der Waals surface area contributed by atoms with Gasteiger partial charge in [-0.2, -0.15) is 0 Å². The minimum Gasteiger partial charge on any atom is -0.373 e. The van der Waals surface area contributed by atoms with Gasteiger partial charge < -0.3 is 4.74 Å². The van der Waals surface area contributed by atoms with E-state index in [-0.39, 0.29) is 18.1 Å². The summed E-state index contributed by atoms with van der Waals surface area (Å²) in [6, 6.07) is 7.70. The first kappa shape index (κ1) is 18.0. The van der Waals surface area contributed by atoms with Crippen LogP contribution in [0.25, 0.3) is 0 Å². The molecular formula is C19H25N3O2S. The van der Waals surface area contributed by atoms with Gasteiger partial charge >= 0.3 is 0 Å². The van der Waals surface area contributed by atoms with E-state index in [9.17, 15) is 4.79 Å². The summed E-state index contributed by atoms with van der Waals surface area (Å²) in [7, 11) is 0. The fourth-order valence-electron chi connectivity index (χ4n) is 3.14. The first-order chi connectivity index (χ1) is 12.0. The number of benzene rings is 1. The second-order valence-electron chi connectivity index (χ2n) is 6.60. The molecule has 1 amide bonds. The van der Waals surface area contributed by atoms with E-state index < -0.39 is 0 Å². The summed E-state index contributed by atoms with van der Waals surface area (Å²) >= 11 is 1.47. The Morgan fingerprint density at radius 3 is 2.60 bits per heavy atom. The minimum absolute atomic E-state index is 0.114. The third-order valence-corrected chi connectivity index (χ3v) is 5.08. The monoisotopic (exact) mass is 359 g/mol. The van der Waals surface area contributed by atoms with Gasteiger partial charge in [-0.3, -0.25) is 15.0 Å². The van der Waals surface area contributed by atoms with Gasteiger partial charge in [0.2, 0.25) is 0 Å². The summed E-state index contributed by atoms with van der Waals surface area (Å²) in [4.78, 5) is 19.2. The van der Waals surface area contributed by atoms with E-state index in [1.807, 2.05) is 29.6 Å². The molecule has 2 heterocycles. The maximum atomic E-state index is 12.3. The number of morpholine rings is 1. The van der Waals surface area contributed by atoms with Crippen molar-refractivity contribution in [2.24, 2.45) is 0 Å². The van der Waals surface area contributed by atoms with Crippen LogP contribution in [0.4, 0.5) is 5.13 Å². The van der Waals surface area contributed by atoms with Crippen molar-refractivity contribution in [2.45, 2.75) is 45.9 Å². The molecule has 0 aliphatic carbocycles. The molecule has 25 heavy (non-hydrogen) atoms. The third kappa shape index (κ3) is 4.87. The number of amides is 1. The van der Waals surface area contributed by atoms with Crippen LogP contribution in [0, 0.1) is 0 Å². The molecule has 0 saturated carbocycles. The molecule has 134 valence electrons. The minimum atomic E-state index is -0.114. The average molecular weight is 359 g/mol. The number of anilines is 1. The molecule has 1 aliphatic heterocycles. The van der Waals surface area contributed by atoms with Gasteiger partial charge in [0, 0.05) is 30.6 Å². The van der Waals surface area contributed by atoms with Gasteiger partial charge in [-0.1, -0.05) is 19.1 Å². The number of thiazole rings is 1. The second-order valence-corrected chi connectivity index (χ2v) is 7.46. The summed E-state index contributed by atoms with van der Waals surface area (Å²) in [6.07, 6.45) is 1.46. The van der Waals surface area contributed by atoms with E-state index in [1.165, 1.54) is 16.9 Å². The molecule has 1 fully saturated rings. The highest BCUT2D eigenvalue weighted by Gasteiger charge is 2.22. The Balaban J connectivity index is 1.58. The topological polar surface area (TPSA) is 54.5 Å². The highest BCUT2D eigenvalue weighted by atomic mass is 32.1. The molecule has 5 nitrogen and oxygen atoms in total. The van der Waals surface area contributed by atoms with Crippen LogP contribution in [-0.2, 0) is 17.7 Å². The lowest BCUT2D eigenvalue weighted by atomic mass is 10.1. The van der Waals surface area contributed by atoms with Crippen LogP contribution in [0.15, 0.2) is 29.6 Å². The summed E-state index contributed by atoms with van der Waals surface area (Å²) < 4.78 is 5.76. The molecule has 6 heteroatoms. The van der Waals surface area contributed by atoms with Gasteiger partial charge in [0.05, 0.1) is 17.9 Å². The van der Waals surface area contributed by atoms with E-state index in [4.69, 9.17) is 4.74 Å². The predicted octanol–water partition coefficient (Wildman–Crippen LogP) is 3.57. The largest absolute Gasteiger partial charge is 0.373 e. The Morgan fingerprint density at radius 1 is 1.28 bits per heavy atom. The number of hydrogen-bond acceptors (Lipinski definition) is 5. The lowest BCUT2D eigenvalue weighted by Crippen LogP contribution is -2.44. The zero-order valence-corrected chi connectivity index (χ0v) is 15.8. The zero-order valence-electron chi connectivity index (χ0n) is 15.0. The number of ether oxygens (including phenoxy) is 1. The normalized spacial score (nSPS) is 21.2. The number of nitrogens with zero attached hydrogens (tertiary/aromatic N) is 2. The van der Waals surface area contributed by atoms with Gasteiger partial charge in [-0.25, -0.2) is 4.98 Å². The molecule has 1 saturated heterocycles. The lowest BCUT2D eigenvalue weighted by Gasteiger charge is -2.34. The van der Waals surface area contributed by atoms with E-state index in [0.717, 1.165) is 31.7 Å². The van der Waals surface area contributed by atoms with Gasteiger partial charge in [-0.15, -0.1) is 11.3 Å². The SMILES string of the molecule is CCc1ccc(C(=O)Nc2nc(CN3C[C@H](C)O[C@@H](C)C3)cs2)cc1. The molecular weight excluding hydrogens is 334 g/mol. The maximum absolute atomic E-state index is 12.3. The van der Waals surface area contributed by atoms with Crippen LogP contribution in [0.3, 0.4) is 0 Å². The Labute approximate surface area is 153 Å². The first-order valence-corrected chi connectivity index (χ1v) is 9.64. The maximum Gasteiger partial charge on any atom is 0.257 e. The molecule has 1 N–H and O–H groups in total. The number of aromatic nitrogens is 1. The number of hydrogen-bond donors (Lipinski definition) is 1. The number of rotatable bonds is 5. The fraction of sp³-hybridized carbons (Fsp3) is 0.474. The molecule has 2 atom stereocenters. The molecule has 1 aliphatic rings. The molecule has 2 aromatic rings. The van der Waals surface area contributed by atoms with E-state index >= 15 is 0 Å². The van der Waals surface area contributed by atoms with Crippen LogP contribution in [0.5, 0.6) is 0 Å². The van der Waals surface area contributed by atoms with Crippen molar-refractivity contribution in [3.63, 3.8) is 0 Å². The van der Waals surface area contributed by atoms with Gasteiger partial charge in [0.25, 0.3) is 5.91 Å². The van der Waals surface area contributed by atoms with E-state index in [0.29, 0.717) is 10.7 Å². The van der Waals surface area contributed by atoms with E-state index in [1.54, 1.807) is 0 Å². The summed E-state index contributed by atoms with van der Waals surface area (Å²) in [6.45, 7) is 8.90. The predicted molar refractivity (Wildman–Crippen MR) is 101 cm³/mol. The van der Waals surface area contributed by atoms with Crippen molar-refractivity contribution in [3.05, 3.63) is 46.5 Å². The average Bonchev–Trinajstić information content (AvgIpc) is 3.00. The Kier molecular flexibility index (Phi) is 5.83. The van der Waals surface area contributed by atoms with Gasteiger partial charge in [0.1, 0.15) is 0 Å². The molecule has 1 aromatic carbocycles. The van der Waals surface area contributed by atoms with Crippen LogP contribution < -0.4 is 5.32 Å². The Bertz CT molecular complexity index is 704. The molecule has 0 spiro atoms. The number of carbonyl (C=O) groups excluding carboxylic acids is 1. The van der Waals surface area contributed by atoms with Gasteiger partial charge in [0.15, 0.2) is 5.13 Å². The van der Waals surface area contributed by atoms with Crippen molar-refractivity contribution < 1.29 is 9.53 Å². The first-order valence-electron chi connectivity index (χ1n) is 8.76. The van der Waals surface area contributed by atoms with Crippen molar-refractivity contribution >= 4 is 22.4 Å². The van der Waals surface area contributed by atoms with Crippen molar-refractivity contribution in [1.82, 2.24) is 9.88 Å². The molecule has 0 bridgehead atoms. The van der Waals surface area contributed by atoms with Crippen molar-refractivity contribution in [3.8, 4) is 0 Å². The Hall–Kier alpha value is -1.76. The van der Waals surface area contributed by atoms with Crippen molar-refractivity contribution in [1.29, 1.82) is 0 Å². The van der Waals surface area contributed by atoms with E-state index in [2.05, 4.69) is 36.0 Å². The Morgan fingerprint density at radius 2 is 1.96 bits per heavy atom. The third-order valence-electron chi connectivity index (χ3n) is 4.28. The van der Waals surface area contributed by atoms with Crippen molar-refractivity contribution in [2.75, 3.05) is 18.4 Å². The van der Waals surface area contributed by atoms with Gasteiger partial charge in [-0.05, 0) is 38.0 Å². The quantitative estimate of drug-likeness (QED) is 0.887. The number of aryl methyl sites for hydroxylation is 1. The molecule has 0 unspecified atom stereocenters. The number of nitrogens with one attached hydrogen (secondary N) is 1. The highest BCUT2D eigenvalue weighted by Crippen LogP contribution is 2.20. The molecule has 1 aromatic heterocycles.